The Morgan fingerprint density at radius 2 is 1.89 bits per heavy atom. The Bertz CT molecular complexity index is 1510. The van der Waals surface area contributed by atoms with Crippen LogP contribution in [-0.2, 0) is 14.3 Å². The molecule has 1 aliphatic heterocycles. The average molecular weight is 499 g/mol. The zero-order chi connectivity index (χ0) is 24.7. The maximum Gasteiger partial charge on any atom is 0.264 e. The van der Waals surface area contributed by atoms with Gasteiger partial charge in [0.2, 0.25) is 0 Å². The van der Waals surface area contributed by atoms with E-state index in [2.05, 4.69) is 25.2 Å². The van der Waals surface area contributed by atoms with Crippen LogP contribution in [0.4, 0.5) is 4.39 Å². The van der Waals surface area contributed by atoms with Gasteiger partial charge in [-0.05, 0) is 69.6 Å². The lowest BCUT2D eigenvalue weighted by atomic mass is 9.92. The Morgan fingerprint density at radius 1 is 1.11 bits per heavy atom. The third-order valence-electron chi connectivity index (χ3n) is 6.41. The quantitative estimate of drug-likeness (QED) is 0.373. The Kier molecular flexibility index (Phi) is 6.24. The number of benzene rings is 1. The number of halogens is 1. The van der Waals surface area contributed by atoms with Gasteiger partial charge in [0.05, 0.1) is 41.7 Å². The van der Waals surface area contributed by atoms with Gasteiger partial charge in [0.1, 0.15) is 5.82 Å². The molecule has 0 spiro atoms. The Hall–Kier alpha value is -3.02. The number of rotatable bonds is 6. The molecule has 5 rings (SSSR count). The van der Waals surface area contributed by atoms with Gasteiger partial charge >= 0.3 is 0 Å². The van der Waals surface area contributed by atoms with Crippen molar-refractivity contribution in [2.45, 2.75) is 32.6 Å². The molecule has 1 aliphatic rings. The number of piperidine rings is 1. The molecule has 0 bridgehead atoms. The summed E-state index contributed by atoms with van der Waals surface area (Å²) < 4.78 is 44.0. The number of aryl methyl sites for hydroxylation is 2. The lowest BCUT2D eigenvalue weighted by Crippen LogP contribution is -2.35. The molecule has 3 aromatic heterocycles. The van der Waals surface area contributed by atoms with Crippen molar-refractivity contribution in [1.29, 1.82) is 0 Å². The second kappa shape index (κ2) is 9.21. The fourth-order valence-electron chi connectivity index (χ4n) is 4.62. The highest BCUT2D eigenvalue weighted by Crippen LogP contribution is 2.31. The molecular formula is C24H27FN6O3S. The number of hydrogen-bond acceptors (Lipinski definition) is 8. The molecular weight excluding hydrogens is 471 g/mol. The first-order valence-electron chi connectivity index (χ1n) is 11.5. The predicted octanol–water partition coefficient (Wildman–Crippen LogP) is 3.25. The summed E-state index contributed by atoms with van der Waals surface area (Å²) in [6.45, 7) is 6.15. The minimum atomic E-state index is -3.42. The highest BCUT2D eigenvalue weighted by molar-refractivity contribution is 7.85. The first-order valence-corrected chi connectivity index (χ1v) is 13.4. The zero-order valence-electron chi connectivity index (χ0n) is 19.9. The molecule has 0 aliphatic carbocycles. The zero-order valence-corrected chi connectivity index (χ0v) is 20.7. The van der Waals surface area contributed by atoms with Crippen LogP contribution >= 0.6 is 0 Å². The highest BCUT2D eigenvalue weighted by Gasteiger charge is 2.23. The van der Waals surface area contributed by atoms with Gasteiger partial charge in [0.25, 0.3) is 10.1 Å². The molecule has 0 atom stereocenters. The number of nitrogens with zero attached hydrogens (tertiary/aromatic N) is 6. The second-order valence-corrected chi connectivity index (χ2v) is 10.8. The summed E-state index contributed by atoms with van der Waals surface area (Å²) in [4.78, 5) is 6.63. The van der Waals surface area contributed by atoms with Crippen LogP contribution in [0.15, 0.2) is 30.5 Å². The topological polar surface area (TPSA) is 103 Å². The molecule has 184 valence electrons. The summed E-state index contributed by atoms with van der Waals surface area (Å²) in [5.41, 5.74) is 5.16. The van der Waals surface area contributed by atoms with Crippen LogP contribution in [0.25, 0.3) is 27.8 Å². The summed E-state index contributed by atoms with van der Waals surface area (Å²) in [6.07, 6.45) is 4.58. The number of likely N-dealkylation sites (tertiary alicyclic amines) is 1. The van der Waals surface area contributed by atoms with E-state index in [9.17, 15) is 8.42 Å². The summed E-state index contributed by atoms with van der Waals surface area (Å²) in [7, 11) is -3.42. The van der Waals surface area contributed by atoms with Gasteiger partial charge in [-0.25, -0.2) is 13.9 Å². The van der Waals surface area contributed by atoms with Crippen LogP contribution in [-0.4, -0.2) is 70.6 Å². The van der Waals surface area contributed by atoms with E-state index >= 15 is 4.39 Å². The third kappa shape index (κ3) is 5.16. The van der Waals surface area contributed by atoms with Gasteiger partial charge < -0.3 is 4.90 Å². The van der Waals surface area contributed by atoms with Crippen molar-refractivity contribution in [2.24, 2.45) is 0 Å². The SMILES string of the molecule is Cc1cn2nc(-c3cc(F)c4cc(C5CCN(CCOS(C)(=O)=O)CC5)nnc4c3)cc(C)c2n1. The Balaban J connectivity index is 1.34. The van der Waals surface area contributed by atoms with Gasteiger partial charge in [-0.1, -0.05) is 0 Å². The minimum Gasteiger partial charge on any atom is -0.301 e. The summed E-state index contributed by atoms with van der Waals surface area (Å²) in [5.74, 6) is -0.181. The maximum absolute atomic E-state index is 15.2. The van der Waals surface area contributed by atoms with Crippen LogP contribution in [0.2, 0.25) is 0 Å². The molecule has 11 heteroatoms. The van der Waals surface area contributed by atoms with E-state index in [-0.39, 0.29) is 18.3 Å². The molecule has 4 heterocycles. The van der Waals surface area contributed by atoms with Crippen LogP contribution < -0.4 is 0 Å². The Morgan fingerprint density at radius 3 is 2.63 bits per heavy atom. The van der Waals surface area contributed by atoms with Crippen molar-refractivity contribution in [3.8, 4) is 11.3 Å². The minimum absolute atomic E-state index is 0.147. The third-order valence-corrected chi connectivity index (χ3v) is 7.00. The van der Waals surface area contributed by atoms with Crippen molar-refractivity contribution >= 4 is 26.7 Å². The highest BCUT2D eigenvalue weighted by atomic mass is 32.2. The fourth-order valence-corrected chi connectivity index (χ4v) is 5.00. The van der Waals surface area contributed by atoms with Crippen molar-refractivity contribution in [3.05, 3.63) is 53.2 Å². The number of imidazole rings is 1. The van der Waals surface area contributed by atoms with Gasteiger partial charge in [-0.15, -0.1) is 0 Å². The van der Waals surface area contributed by atoms with Crippen LogP contribution in [0.1, 0.15) is 35.7 Å². The molecule has 0 saturated carbocycles. The normalized spacial score (nSPS) is 15.9. The smallest absolute Gasteiger partial charge is 0.264 e. The standard InChI is InChI=1S/C24H27FN6O3S/c1-15-10-22(29-31-14-16(2)26-24(15)31)18-11-20(25)19-13-21(27-28-23(19)12-18)17-4-6-30(7-5-17)8-9-34-35(3,32)33/h10-14,17H,4-9H2,1-3H3. The molecule has 1 aromatic carbocycles. The Labute approximate surface area is 203 Å². The average Bonchev–Trinajstić information content (AvgIpc) is 3.19. The molecule has 4 aromatic rings. The molecule has 1 fully saturated rings. The van der Waals surface area contributed by atoms with E-state index < -0.39 is 10.1 Å². The monoisotopic (exact) mass is 498 g/mol. The van der Waals surface area contributed by atoms with Crippen LogP contribution in [0.5, 0.6) is 0 Å². The number of fused-ring (bicyclic) bond motifs is 2. The van der Waals surface area contributed by atoms with E-state index in [1.165, 1.54) is 6.07 Å². The van der Waals surface area contributed by atoms with Crippen molar-refractivity contribution < 1.29 is 17.0 Å². The largest absolute Gasteiger partial charge is 0.301 e. The lowest BCUT2D eigenvalue weighted by Gasteiger charge is -2.31. The number of hydrogen-bond donors (Lipinski definition) is 0. The van der Waals surface area contributed by atoms with Gasteiger partial charge in [-0.3, -0.25) is 4.18 Å². The van der Waals surface area contributed by atoms with E-state index in [1.807, 2.05) is 32.2 Å². The van der Waals surface area contributed by atoms with E-state index in [0.29, 0.717) is 28.7 Å². The molecule has 0 unspecified atom stereocenters. The lowest BCUT2D eigenvalue weighted by molar-refractivity contribution is 0.175. The van der Waals surface area contributed by atoms with Crippen molar-refractivity contribution in [2.75, 3.05) is 32.5 Å². The van der Waals surface area contributed by atoms with Gasteiger partial charge in [0.15, 0.2) is 5.65 Å². The molecule has 0 N–H and O–H groups in total. The molecule has 35 heavy (non-hydrogen) atoms. The van der Waals surface area contributed by atoms with Gasteiger partial charge in [-0.2, -0.15) is 23.7 Å². The van der Waals surface area contributed by atoms with E-state index in [4.69, 9.17) is 4.18 Å². The molecule has 0 amide bonds. The first kappa shape index (κ1) is 23.7. The summed E-state index contributed by atoms with van der Waals surface area (Å²) >= 11 is 0. The van der Waals surface area contributed by atoms with Crippen molar-refractivity contribution in [1.82, 2.24) is 29.7 Å². The van der Waals surface area contributed by atoms with E-state index in [1.54, 1.807) is 10.6 Å². The predicted molar refractivity (Wildman–Crippen MR) is 130 cm³/mol. The summed E-state index contributed by atoms with van der Waals surface area (Å²) in [5, 5.41) is 13.8. The summed E-state index contributed by atoms with van der Waals surface area (Å²) in [6, 6.07) is 7.01. The first-order chi connectivity index (χ1) is 16.7. The van der Waals surface area contributed by atoms with Gasteiger partial charge in [0, 0.05) is 23.4 Å². The van der Waals surface area contributed by atoms with Crippen molar-refractivity contribution in [3.63, 3.8) is 0 Å². The maximum atomic E-state index is 15.2. The van der Waals surface area contributed by atoms with Crippen LogP contribution in [0, 0.1) is 19.7 Å². The number of aromatic nitrogens is 5. The van der Waals surface area contributed by atoms with E-state index in [0.717, 1.165) is 54.8 Å². The molecule has 0 radical (unpaired) electrons. The molecule has 9 nitrogen and oxygen atoms in total. The second-order valence-electron chi connectivity index (χ2n) is 9.17. The van der Waals surface area contributed by atoms with Crippen LogP contribution in [0.3, 0.4) is 0 Å². The molecule has 1 saturated heterocycles. The fraction of sp³-hybridized carbons (Fsp3) is 0.417.